The highest BCUT2D eigenvalue weighted by molar-refractivity contribution is 7.17. The number of alkyl halides is 1. The number of aromatic hydroxyl groups is 1. The van der Waals surface area contributed by atoms with E-state index in [4.69, 9.17) is 0 Å². The van der Waals surface area contributed by atoms with Crippen molar-refractivity contribution in [2.75, 3.05) is 18.4 Å². The monoisotopic (exact) mass is 413 g/mol. The largest absolute Gasteiger partial charge is 0.507 e. The molecule has 2 aliphatic rings. The molecule has 1 aliphatic heterocycles. The minimum Gasteiger partial charge on any atom is -0.507 e. The van der Waals surface area contributed by atoms with Crippen molar-refractivity contribution in [2.45, 2.75) is 50.9 Å². The molecule has 8 heteroatoms. The van der Waals surface area contributed by atoms with Gasteiger partial charge in [0, 0.05) is 47.2 Å². The van der Waals surface area contributed by atoms with Gasteiger partial charge in [-0.25, -0.2) is 9.37 Å². The number of piperidine rings is 1. The van der Waals surface area contributed by atoms with Gasteiger partial charge in [-0.3, -0.25) is 4.90 Å². The molecule has 6 nitrogen and oxygen atoms in total. The number of hydrogen-bond donors (Lipinski definition) is 2. The fourth-order valence-electron chi connectivity index (χ4n) is 4.34. The summed E-state index contributed by atoms with van der Waals surface area (Å²) in [6.45, 7) is 3.20. The molecule has 2 aromatic heterocycles. The molecule has 1 aliphatic carbocycles. The zero-order valence-corrected chi connectivity index (χ0v) is 17.1. The number of nitrogens with one attached hydrogen (secondary N) is 1. The fraction of sp³-hybridized carbons (Fsp3) is 0.476. The summed E-state index contributed by atoms with van der Waals surface area (Å²) < 4.78 is 15.3. The van der Waals surface area contributed by atoms with E-state index in [0.717, 1.165) is 16.6 Å². The van der Waals surface area contributed by atoms with Crippen molar-refractivity contribution in [1.29, 1.82) is 0 Å². The Morgan fingerprint density at radius 1 is 1.21 bits per heavy atom. The van der Waals surface area contributed by atoms with Crippen molar-refractivity contribution in [3.05, 3.63) is 29.3 Å². The van der Waals surface area contributed by atoms with Crippen LogP contribution in [0.2, 0.25) is 0 Å². The lowest BCUT2D eigenvalue weighted by atomic mass is 9.89. The molecule has 0 unspecified atom stereocenters. The van der Waals surface area contributed by atoms with Gasteiger partial charge in [0.25, 0.3) is 0 Å². The fourth-order valence-corrected chi connectivity index (χ4v) is 5.13. The highest BCUT2D eigenvalue weighted by Crippen LogP contribution is 2.38. The zero-order valence-electron chi connectivity index (χ0n) is 16.3. The predicted octanol–water partition coefficient (Wildman–Crippen LogP) is 4.14. The van der Waals surface area contributed by atoms with E-state index in [1.807, 2.05) is 30.5 Å². The number of phenols is 1. The Morgan fingerprint density at radius 2 is 2.07 bits per heavy atom. The van der Waals surface area contributed by atoms with Crippen LogP contribution in [-0.4, -0.2) is 56.5 Å². The third-order valence-electron chi connectivity index (χ3n) is 6.08. The van der Waals surface area contributed by atoms with Crippen LogP contribution in [0.1, 0.15) is 31.4 Å². The molecule has 0 radical (unpaired) electrons. The highest BCUT2D eigenvalue weighted by Gasteiger charge is 2.34. The van der Waals surface area contributed by atoms with Gasteiger partial charge in [0.1, 0.15) is 17.6 Å². The Labute approximate surface area is 172 Å². The van der Waals surface area contributed by atoms with Crippen molar-refractivity contribution in [1.82, 2.24) is 20.1 Å². The molecule has 2 fully saturated rings. The number of likely N-dealkylation sites (tertiary alicyclic amines) is 1. The van der Waals surface area contributed by atoms with Gasteiger partial charge in [0.2, 0.25) is 5.95 Å². The zero-order chi connectivity index (χ0) is 20.0. The average Bonchev–Trinajstić information content (AvgIpc) is 3.11. The lowest BCUT2D eigenvalue weighted by Crippen LogP contribution is -2.53. The molecule has 3 heterocycles. The second-order valence-corrected chi connectivity index (χ2v) is 9.02. The van der Waals surface area contributed by atoms with Crippen molar-refractivity contribution < 1.29 is 9.50 Å². The van der Waals surface area contributed by atoms with Crippen molar-refractivity contribution in [3.8, 4) is 17.0 Å². The summed E-state index contributed by atoms with van der Waals surface area (Å²) in [5.74, 6) is 0.613. The summed E-state index contributed by atoms with van der Waals surface area (Å²) in [5, 5.41) is 25.2. The number of nitrogens with zero attached hydrogens (tertiary/aromatic N) is 4. The van der Waals surface area contributed by atoms with Gasteiger partial charge in [0.05, 0.1) is 5.69 Å². The van der Waals surface area contributed by atoms with E-state index in [9.17, 15) is 9.50 Å². The van der Waals surface area contributed by atoms with Crippen LogP contribution in [0.3, 0.4) is 0 Å². The van der Waals surface area contributed by atoms with Crippen LogP contribution in [0.15, 0.2) is 23.6 Å². The van der Waals surface area contributed by atoms with Crippen LogP contribution in [0.25, 0.3) is 21.3 Å². The van der Waals surface area contributed by atoms with Crippen LogP contribution in [0, 0.1) is 6.92 Å². The molecule has 0 bridgehead atoms. The third-order valence-corrected chi connectivity index (χ3v) is 6.96. The second kappa shape index (κ2) is 7.50. The number of aryl methyl sites for hydroxylation is 1. The van der Waals surface area contributed by atoms with Gasteiger partial charge in [-0.2, -0.15) is 0 Å². The maximum atomic E-state index is 14.3. The normalized spacial score (nSPS) is 23.2. The molecule has 1 saturated carbocycles. The minimum absolute atomic E-state index is 0.0260. The van der Waals surface area contributed by atoms with Crippen LogP contribution in [0.4, 0.5) is 10.3 Å². The molecule has 2 atom stereocenters. The number of anilines is 1. The van der Waals surface area contributed by atoms with Gasteiger partial charge in [-0.05, 0) is 43.3 Å². The number of phenolic OH excluding ortho intramolecular Hbond substituents is 1. The standard InChI is InChI=1S/C21H24FN5OS/c1-12-19(17-5-6-18-16(20(17)28)7-8-29-18)25-26-21(23-12)24-14-9-13(22)10-27(11-14)15-3-2-4-15/h5-8,13-15,28H,2-4,9-11H2,1H3,(H,23,24,26)/t13-,14-/m1/s1. The number of benzene rings is 1. The van der Waals surface area contributed by atoms with Crippen molar-refractivity contribution in [2.24, 2.45) is 0 Å². The molecular formula is C21H24FN5OS. The van der Waals surface area contributed by atoms with Crippen molar-refractivity contribution in [3.63, 3.8) is 0 Å². The number of aromatic nitrogens is 3. The van der Waals surface area contributed by atoms with Crippen LogP contribution < -0.4 is 5.32 Å². The van der Waals surface area contributed by atoms with E-state index in [1.54, 1.807) is 11.3 Å². The molecule has 1 saturated heterocycles. The summed E-state index contributed by atoms with van der Waals surface area (Å²) >= 11 is 1.58. The first-order valence-corrected chi connectivity index (χ1v) is 11.0. The number of thiophene rings is 1. The third kappa shape index (κ3) is 3.55. The van der Waals surface area contributed by atoms with Gasteiger partial charge in [-0.15, -0.1) is 21.5 Å². The first kappa shape index (κ1) is 18.7. The molecule has 0 amide bonds. The number of rotatable bonds is 4. The summed E-state index contributed by atoms with van der Waals surface area (Å²) in [6.07, 6.45) is 3.22. The Hall–Kier alpha value is -2.32. The van der Waals surface area contributed by atoms with Crippen LogP contribution in [0.5, 0.6) is 5.75 Å². The summed E-state index contributed by atoms with van der Waals surface area (Å²) in [5.41, 5.74) is 1.86. The summed E-state index contributed by atoms with van der Waals surface area (Å²) in [4.78, 5) is 6.81. The summed E-state index contributed by atoms with van der Waals surface area (Å²) in [6, 6.07) is 6.22. The summed E-state index contributed by atoms with van der Waals surface area (Å²) in [7, 11) is 0. The van der Waals surface area contributed by atoms with E-state index in [0.29, 0.717) is 41.9 Å². The predicted molar refractivity (Wildman–Crippen MR) is 113 cm³/mol. The topological polar surface area (TPSA) is 74.2 Å². The SMILES string of the molecule is Cc1nc(N[C@@H]2C[C@@H](F)CN(C3CCC3)C2)nnc1-c1ccc2sccc2c1O. The van der Waals surface area contributed by atoms with E-state index in [1.165, 1.54) is 19.3 Å². The maximum absolute atomic E-state index is 14.3. The molecule has 1 aromatic carbocycles. The lowest BCUT2D eigenvalue weighted by Gasteiger charge is -2.43. The smallest absolute Gasteiger partial charge is 0.243 e. The van der Waals surface area contributed by atoms with Gasteiger partial charge >= 0.3 is 0 Å². The number of hydrogen-bond acceptors (Lipinski definition) is 7. The molecule has 152 valence electrons. The van der Waals surface area contributed by atoms with Crippen molar-refractivity contribution >= 4 is 27.4 Å². The lowest BCUT2D eigenvalue weighted by molar-refractivity contribution is 0.0558. The Bertz CT molecular complexity index is 1040. The maximum Gasteiger partial charge on any atom is 0.243 e. The first-order chi connectivity index (χ1) is 14.1. The molecule has 3 aromatic rings. The molecule has 0 spiro atoms. The van der Waals surface area contributed by atoms with E-state index >= 15 is 0 Å². The number of halogens is 1. The second-order valence-electron chi connectivity index (χ2n) is 8.08. The Balaban J connectivity index is 1.36. The first-order valence-electron chi connectivity index (χ1n) is 10.1. The van der Waals surface area contributed by atoms with Gasteiger partial charge in [0.15, 0.2) is 0 Å². The van der Waals surface area contributed by atoms with E-state index in [-0.39, 0.29) is 11.8 Å². The Kier molecular flexibility index (Phi) is 4.83. The molecular weight excluding hydrogens is 389 g/mol. The molecule has 2 N–H and O–H groups in total. The van der Waals surface area contributed by atoms with Gasteiger partial charge < -0.3 is 10.4 Å². The average molecular weight is 414 g/mol. The Morgan fingerprint density at radius 3 is 2.83 bits per heavy atom. The van der Waals surface area contributed by atoms with Gasteiger partial charge in [-0.1, -0.05) is 6.42 Å². The van der Waals surface area contributed by atoms with E-state index < -0.39 is 6.17 Å². The quantitative estimate of drug-likeness (QED) is 0.670. The number of fused-ring (bicyclic) bond motifs is 1. The molecule has 5 rings (SSSR count). The minimum atomic E-state index is -0.829. The molecule has 29 heavy (non-hydrogen) atoms. The van der Waals surface area contributed by atoms with Crippen LogP contribution >= 0.6 is 11.3 Å². The van der Waals surface area contributed by atoms with Crippen LogP contribution in [-0.2, 0) is 0 Å². The van der Waals surface area contributed by atoms with E-state index in [2.05, 4.69) is 25.4 Å². The highest BCUT2D eigenvalue weighted by atomic mass is 32.1.